The highest BCUT2D eigenvalue weighted by Crippen LogP contribution is 2.17. The van der Waals surface area contributed by atoms with Crippen molar-refractivity contribution < 1.29 is 18.0 Å². The normalized spacial score (nSPS) is 10.8. The number of hydrogen-bond acceptors (Lipinski definition) is 2. The molecule has 0 N–H and O–H groups in total. The summed E-state index contributed by atoms with van der Waals surface area (Å²) >= 11 is 0. The first kappa shape index (κ1) is 14.3. The van der Waals surface area contributed by atoms with Gasteiger partial charge < -0.3 is 4.57 Å². The van der Waals surface area contributed by atoms with Crippen LogP contribution < -0.4 is 0 Å². The second-order valence-corrected chi connectivity index (χ2v) is 4.36. The molecule has 1 aromatic heterocycles. The van der Waals surface area contributed by atoms with Gasteiger partial charge in [-0.3, -0.25) is 4.79 Å². The van der Waals surface area contributed by atoms with Crippen LogP contribution in [0.15, 0.2) is 24.5 Å². The van der Waals surface area contributed by atoms with Gasteiger partial charge in [-0.25, -0.2) is 18.2 Å². The largest absolute Gasteiger partial charge is 0.335 e. The molecule has 0 saturated carbocycles. The minimum Gasteiger partial charge on any atom is -0.335 e. The fraction of sp³-hybridized carbons (Fsp3) is 0.286. The maximum Gasteiger partial charge on any atom is 0.195 e. The standard InChI is InChI=1S/C14H13F3N2O/c1-2-6-19-7-5-18-12(19)8-11(20)9-3-4-10(15)14(17)13(9)16/h3-5,7H,2,6,8H2,1H3. The van der Waals surface area contributed by atoms with Gasteiger partial charge in [0.05, 0.1) is 12.0 Å². The number of imidazole rings is 1. The fourth-order valence-electron chi connectivity index (χ4n) is 1.93. The molecule has 0 spiro atoms. The molecule has 20 heavy (non-hydrogen) atoms. The summed E-state index contributed by atoms with van der Waals surface area (Å²) in [6.45, 7) is 2.66. The third kappa shape index (κ3) is 2.74. The lowest BCUT2D eigenvalue weighted by Crippen LogP contribution is -2.12. The number of aryl methyl sites for hydroxylation is 1. The molecule has 0 aliphatic carbocycles. The minimum absolute atomic E-state index is 0.158. The van der Waals surface area contributed by atoms with Crippen LogP contribution in [0, 0.1) is 17.5 Å². The third-order valence-electron chi connectivity index (χ3n) is 2.92. The van der Waals surface area contributed by atoms with Crippen LogP contribution in [0.1, 0.15) is 29.5 Å². The van der Waals surface area contributed by atoms with Crippen LogP contribution in [0.3, 0.4) is 0 Å². The number of nitrogens with zero attached hydrogens (tertiary/aromatic N) is 2. The minimum atomic E-state index is -1.63. The Morgan fingerprint density at radius 2 is 2.00 bits per heavy atom. The Balaban J connectivity index is 2.24. The van der Waals surface area contributed by atoms with E-state index >= 15 is 0 Å². The fourth-order valence-corrected chi connectivity index (χ4v) is 1.93. The molecule has 0 aliphatic rings. The van der Waals surface area contributed by atoms with Crippen LogP contribution in [0.2, 0.25) is 0 Å². The maximum absolute atomic E-state index is 13.5. The van der Waals surface area contributed by atoms with Crippen LogP contribution in [-0.2, 0) is 13.0 Å². The number of ketones is 1. The second-order valence-electron chi connectivity index (χ2n) is 4.36. The molecule has 2 rings (SSSR count). The topological polar surface area (TPSA) is 34.9 Å². The Hall–Kier alpha value is -2.11. The van der Waals surface area contributed by atoms with E-state index in [-0.39, 0.29) is 6.42 Å². The monoisotopic (exact) mass is 282 g/mol. The SMILES string of the molecule is CCCn1ccnc1CC(=O)c1ccc(F)c(F)c1F. The first-order valence-corrected chi connectivity index (χ1v) is 6.21. The highest BCUT2D eigenvalue weighted by molar-refractivity contribution is 5.97. The van der Waals surface area contributed by atoms with E-state index in [1.54, 1.807) is 17.0 Å². The van der Waals surface area contributed by atoms with Crippen molar-refractivity contribution >= 4 is 5.78 Å². The summed E-state index contributed by atoms with van der Waals surface area (Å²) in [5.74, 6) is -4.56. The van der Waals surface area contributed by atoms with Gasteiger partial charge in [-0.2, -0.15) is 0 Å². The molecule has 1 aromatic carbocycles. The molecule has 0 radical (unpaired) electrons. The number of carbonyl (C=O) groups excluding carboxylic acids is 1. The van der Waals surface area contributed by atoms with Crippen molar-refractivity contribution in [2.24, 2.45) is 0 Å². The van der Waals surface area contributed by atoms with E-state index in [2.05, 4.69) is 4.98 Å². The number of Topliss-reactive ketones (excluding diaryl/α,β-unsaturated/α-hetero) is 1. The van der Waals surface area contributed by atoms with Crippen LogP contribution in [0.5, 0.6) is 0 Å². The first-order chi connectivity index (χ1) is 9.54. The maximum atomic E-state index is 13.5. The summed E-state index contributed by atoms with van der Waals surface area (Å²) in [5, 5.41) is 0. The first-order valence-electron chi connectivity index (χ1n) is 6.21. The lowest BCUT2D eigenvalue weighted by molar-refractivity contribution is 0.0984. The van der Waals surface area contributed by atoms with Gasteiger partial charge in [0.15, 0.2) is 23.2 Å². The predicted octanol–water partition coefficient (Wildman–Crippen LogP) is 3.14. The second kappa shape index (κ2) is 5.90. The van der Waals surface area contributed by atoms with E-state index in [0.717, 1.165) is 18.6 Å². The molecule has 0 amide bonds. The van der Waals surface area contributed by atoms with Gasteiger partial charge in [0.25, 0.3) is 0 Å². The van der Waals surface area contributed by atoms with Gasteiger partial charge in [0.2, 0.25) is 0 Å². The highest BCUT2D eigenvalue weighted by atomic mass is 19.2. The van der Waals surface area contributed by atoms with Gasteiger partial charge in [0.1, 0.15) is 5.82 Å². The van der Waals surface area contributed by atoms with Crippen molar-refractivity contribution in [1.29, 1.82) is 0 Å². The van der Waals surface area contributed by atoms with Crippen molar-refractivity contribution in [1.82, 2.24) is 9.55 Å². The molecule has 106 valence electrons. The number of carbonyl (C=O) groups is 1. The van der Waals surface area contributed by atoms with E-state index in [1.807, 2.05) is 6.92 Å². The molecule has 1 heterocycles. The van der Waals surface area contributed by atoms with Gasteiger partial charge in [-0.1, -0.05) is 6.92 Å². The average molecular weight is 282 g/mol. The van der Waals surface area contributed by atoms with E-state index in [9.17, 15) is 18.0 Å². The van der Waals surface area contributed by atoms with Crippen LogP contribution in [-0.4, -0.2) is 15.3 Å². The summed E-state index contributed by atoms with van der Waals surface area (Å²) in [5.41, 5.74) is -0.463. The number of rotatable bonds is 5. The number of halogens is 3. The molecule has 0 bridgehead atoms. The van der Waals surface area contributed by atoms with Crippen LogP contribution in [0.25, 0.3) is 0 Å². The lowest BCUT2D eigenvalue weighted by Gasteiger charge is -2.07. The van der Waals surface area contributed by atoms with Crippen molar-refractivity contribution in [3.05, 3.63) is 53.4 Å². The van der Waals surface area contributed by atoms with E-state index in [4.69, 9.17) is 0 Å². The summed E-state index contributed by atoms with van der Waals surface area (Å²) < 4.78 is 41.2. The van der Waals surface area contributed by atoms with E-state index < -0.39 is 28.8 Å². The molecule has 2 aromatic rings. The molecule has 0 saturated heterocycles. The zero-order valence-corrected chi connectivity index (χ0v) is 10.9. The van der Waals surface area contributed by atoms with Crippen molar-refractivity contribution in [3.63, 3.8) is 0 Å². The van der Waals surface area contributed by atoms with Gasteiger partial charge in [0, 0.05) is 18.9 Å². The van der Waals surface area contributed by atoms with Gasteiger partial charge >= 0.3 is 0 Å². The zero-order valence-electron chi connectivity index (χ0n) is 10.9. The molecule has 0 fully saturated rings. The van der Waals surface area contributed by atoms with Crippen molar-refractivity contribution in [3.8, 4) is 0 Å². The lowest BCUT2D eigenvalue weighted by atomic mass is 10.1. The summed E-state index contributed by atoms with van der Waals surface area (Å²) in [7, 11) is 0. The quantitative estimate of drug-likeness (QED) is 0.624. The predicted molar refractivity (Wildman–Crippen MR) is 66.9 cm³/mol. The van der Waals surface area contributed by atoms with E-state index in [1.165, 1.54) is 0 Å². The van der Waals surface area contributed by atoms with Gasteiger partial charge in [-0.15, -0.1) is 0 Å². The van der Waals surface area contributed by atoms with Gasteiger partial charge in [-0.05, 0) is 18.6 Å². The Morgan fingerprint density at radius 3 is 2.70 bits per heavy atom. The highest BCUT2D eigenvalue weighted by Gasteiger charge is 2.20. The van der Waals surface area contributed by atoms with Crippen LogP contribution >= 0.6 is 0 Å². The Kier molecular flexibility index (Phi) is 4.22. The molecule has 0 aliphatic heterocycles. The zero-order chi connectivity index (χ0) is 14.7. The molecule has 0 atom stereocenters. The van der Waals surface area contributed by atoms with Crippen LogP contribution in [0.4, 0.5) is 13.2 Å². The summed E-state index contributed by atoms with van der Waals surface area (Å²) in [4.78, 5) is 16.0. The molecule has 0 unspecified atom stereocenters. The summed E-state index contributed by atoms with van der Waals surface area (Å²) in [6.07, 6.45) is 3.96. The molecule has 6 heteroatoms. The number of benzene rings is 1. The van der Waals surface area contributed by atoms with E-state index in [0.29, 0.717) is 12.4 Å². The van der Waals surface area contributed by atoms with Crippen molar-refractivity contribution in [2.75, 3.05) is 0 Å². The number of hydrogen-bond donors (Lipinski definition) is 0. The Labute approximate surface area is 114 Å². The third-order valence-corrected chi connectivity index (χ3v) is 2.92. The molecular formula is C14H13F3N2O. The Morgan fingerprint density at radius 1 is 1.25 bits per heavy atom. The smallest absolute Gasteiger partial charge is 0.195 e. The van der Waals surface area contributed by atoms with Crippen molar-refractivity contribution in [2.45, 2.75) is 26.3 Å². The average Bonchev–Trinajstić information content (AvgIpc) is 2.84. The Bertz CT molecular complexity index is 637. The number of aromatic nitrogens is 2. The summed E-state index contributed by atoms with van der Waals surface area (Å²) in [6, 6.07) is 1.69. The molecular weight excluding hydrogens is 269 g/mol. The molecule has 3 nitrogen and oxygen atoms in total.